The van der Waals surface area contributed by atoms with Gasteiger partial charge in [-0.1, -0.05) is 25.5 Å². The van der Waals surface area contributed by atoms with Crippen LogP contribution in [0.15, 0.2) is 24.3 Å². The molecule has 2 nitrogen and oxygen atoms in total. The number of para-hydroxylation sites is 2. The molecule has 2 aromatic rings. The molecule has 0 amide bonds. The minimum Gasteiger partial charge on any atom is -0.328 e. The normalized spacial score (nSPS) is 11.2. The Morgan fingerprint density at radius 3 is 2.76 bits per heavy atom. The first-order valence-corrected chi connectivity index (χ1v) is 6.90. The summed E-state index contributed by atoms with van der Waals surface area (Å²) < 4.78 is 2.35. The first kappa shape index (κ1) is 12.4. The van der Waals surface area contributed by atoms with Crippen LogP contribution in [0, 0.1) is 0 Å². The zero-order valence-corrected chi connectivity index (χ0v) is 11.1. The van der Waals surface area contributed by atoms with Gasteiger partial charge in [0, 0.05) is 18.8 Å². The number of unbranched alkanes of at least 4 members (excludes halogenated alkanes) is 2. The topological polar surface area (TPSA) is 17.8 Å². The standard InChI is InChI=1S/C14H19ClN2/c1-2-14-16-12-8-4-5-9-13(12)17(14)11-7-3-6-10-15/h4-5,8-9H,2-3,6-7,10-11H2,1H3. The molecule has 0 saturated heterocycles. The molecule has 1 aromatic carbocycles. The molecule has 0 aliphatic rings. The Bertz CT molecular complexity index is 476. The number of aromatic nitrogens is 2. The number of nitrogens with zero attached hydrogens (tertiary/aromatic N) is 2. The summed E-state index contributed by atoms with van der Waals surface area (Å²) in [5.41, 5.74) is 2.37. The molecular formula is C14H19ClN2. The first-order chi connectivity index (χ1) is 8.36. The summed E-state index contributed by atoms with van der Waals surface area (Å²) >= 11 is 5.70. The SMILES string of the molecule is CCc1nc2ccccc2n1CCCCCCl. The van der Waals surface area contributed by atoms with Gasteiger partial charge in [0.05, 0.1) is 11.0 Å². The predicted octanol–water partition coefficient (Wildman–Crippen LogP) is 4.01. The lowest BCUT2D eigenvalue weighted by Gasteiger charge is -2.07. The van der Waals surface area contributed by atoms with Gasteiger partial charge in [0.25, 0.3) is 0 Å². The zero-order chi connectivity index (χ0) is 12.1. The second-order valence-corrected chi connectivity index (χ2v) is 4.65. The van der Waals surface area contributed by atoms with Gasteiger partial charge in [-0.15, -0.1) is 11.6 Å². The number of imidazole rings is 1. The third kappa shape index (κ3) is 2.81. The van der Waals surface area contributed by atoms with Crippen molar-refractivity contribution < 1.29 is 0 Å². The fraction of sp³-hybridized carbons (Fsp3) is 0.500. The number of halogens is 1. The Labute approximate surface area is 108 Å². The molecule has 0 fully saturated rings. The highest BCUT2D eigenvalue weighted by atomic mass is 35.5. The molecule has 92 valence electrons. The molecule has 0 atom stereocenters. The van der Waals surface area contributed by atoms with E-state index in [0.717, 1.165) is 30.8 Å². The van der Waals surface area contributed by atoms with Crippen LogP contribution < -0.4 is 0 Å². The van der Waals surface area contributed by atoms with Crippen molar-refractivity contribution in [3.8, 4) is 0 Å². The lowest BCUT2D eigenvalue weighted by atomic mass is 10.2. The summed E-state index contributed by atoms with van der Waals surface area (Å²) in [5.74, 6) is 1.96. The molecule has 0 bridgehead atoms. The van der Waals surface area contributed by atoms with Crippen LogP contribution in [-0.2, 0) is 13.0 Å². The van der Waals surface area contributed by atoms with Crippen LogP contribution in [0.4, 0.5) is 0 Å². The predicted molar refractivity (Wildman–Crippen MR) is 73.7 cm³/mol. The van der Waals surface area contributed by atoms with Crippen LogP contribution in [0.5, 0.6) is 0 Å². The van der Waals surface area contributed by atoms with Crippen molar-refractivity contribution in [3.63, 3.8) is 0 Å². The highest BCUT2D eigenvalue weighted by molar-refractivity contribution is 6.17. The molecule has 17 heavy (non-hydrogen) atoms. The summed E-state index contributed by atoms with van der Waals surface area (Å²) in [7, 11) is 0. The molecule has 1 aromatic heterocycles. The van der Waals surface area contributed by atoms with Gasteiger partial charge in [0.2, 0.25) is 0 Å². The smallest absolute Gasteiger partial charge is 0.109 e. The number of alkyl halides is 1. The second-order valence-electron chi connectivity index (χ2n) is 4.27. The van der Waals surface area contributed by atoms with Crippen molar-refractivity contribution in [2.45, 2.75) is 39.2 Å². The van der Waals surface area contributed by atoms with Gasteiger partial charge >= 0.3 is 0 Å². The third-order valence-corrected chi connectivity index (χ3v) is 3.33. The van der Waals surface area contributed by atoms with Crippen LogP contribution in [-0.4, -0.2) is 15.4 Å². The van der Waals surface area contributed by atoms with Crippen LogP contribution in [0.25, 0.3) is 11.0 Å². The highest BCUT2D eigenvalue weighted by Gasteiger charge is 2.07. The van der Waals surface area contributed by atoms with E-state index in [1.807, 2.05) is 6.07 Å². The lowest BCUT2D eigenvalue weighted by molar-refractivity contribution is 0.595. The van der Waals surface area contributed by atoms with E-state index in [-0.39, 0.29) is 0 Å². The summed E-state index contributed by atoms with van der Waals surface area (Å²) in [6.45, 7) is 3.22. The van der Waals surface area contributed by atoms with E-state index in [1.165, 1.54) is 24.2 Å². The molecular weight excluding hydrogens is 232 g/mol. The maximum absolute atomic E-state index is 5.70. The Morgan fingerprint density at radius 2 is 2.00 bits per heavy atom. The van der Waals surface area contributed by atoms with Crippen molar-refractivity contribution in [1.29, 1.82) is 0 Å². The van der Waals surface area contributed by atoms with Crippen molar-refractivity contribution in [2.75, 3.05) is 5.88 Å². The van der Waals surface area contributed by atoms with Crippen molar-refractivity contribution in [1.82, 2.24) is 9.55 Å². The largest absolute Gasteiger partial charge is 0.328 e. The van der Waals surface area contributed by atoms with Crippen molar-refractivity contribution >= 4 is 22.6 Å². The van der Waals surface area contributed by atoms with Gasteiger partial charge in [-0.2, -0.15) is 0 Å². The Morgan fingerprint density at radius 1 is 1.18 bits per heavy atom. The molecule has 0 spiro atoms. The van der Waals surface area contributed by atoms with E-state index in [0.29, 0.717) is 0 Å². The number of hydrogen-bond acceptors (Lipinski definition) is 1. The van der Waals surface area contributed by atoms with Crippen molar-refractivity contribution in [2.24, 2.45) is 0 Å². The summed E-state index contributed by atoms with van der Waals surface area (Å²) in [4.78, 5) is 4.67. The summed E-state index contributed by atoms with van der Waals surface area (Å²) in [5, 5.41) is 0. The quantitative estimate of drug-likeness (QED) is 0.560. The third-order valence-electron chi connectivity index (χ3n) is 3.07. The highest BCUT2D eigenvalue weighted by Crippen LogP contribution is 2.17. The number of aryl methyl sites for hydroxylation is 2. The van der Waals surface area contributed by atoms with E-state index < -0.39 is 0 Å². The van der Waals surface area contributed by atoms with Crippen molar-refractivity contribution in [3.05, 3.63) is 30.1 Å². The minimum absolute atomic E-state index is 0.769. The average Bonchev–Trinajstić information content (AvgIpc) is 2.73. The molecule has 0 aliphatic carbocycles. The molecule has 3 heteroatoms. The number of benzene rings is 1. The fourth-order valence-corrected chi connectivity index (χ4v) is 2.37. The minimum atomic E-state index is 0.769. The van der Waals surface area contributed by atoms with Crippen LogP contribution in [0.3, 0.4) is 0 Å². The molecule has 0 N–H and O–H groups in total. The molecule has 0 radical (unpaired) electrons. The Kier molecular flexibility index (Phi) is 4.43. The van der Waals surface area contributed by atoms with Crippen LogP contribution in [0.1, 0.15) is 32.0 Å². The Balaban J connectivity index is 2.18. The van der Waals surface area contributed by atoms with Gasteiger partial charge in [0.15, 0.2) is 0 Å². The molecule has 0 saturated carbocycles. The number of rotatable bonds is 6. The lowest BCUT2D eigenvalue weighted by Crippen LogP contribution is -2.03. The van der Waals surface area contributed by atoms with E-state index in [9.17, 15) is 0 Å². The second kappa shape index (κ2) is 6.06. The average molecular weight is 251 g/mol. The Hall–Kier alpha value is -1.02. The van der Waals surface area contributed by atoms with E-state index in [2.05, 4.69) is 34.7 Å². The van der Waals surface area contributed by atoms with E-state index in [1.54, 1.807) is 0 Å². The maximum Gasteiger partial charge on any atom is 0.109 e. The summed E-state index contributed by atoms with van der Waals surface area (Å²) in [6, 6.07) is 8.37. The van der Waals surface area contributed by atoms with Gasteiger partial charge in [-0.05, 0) is 25.0 Å². The monoisotopic (exact) mass is 250 g/mol. The van der Waals surface area contributed by atoms with Gasteiger partial charge in [-0.25, -0.2) is 4.98 Å². The van der Waals surface area contributed by atoms with E-state index >= 15 is 0 Å². The van der Waals surface area contributed by atoms with E-state index in [4.69, 9.17) is 11.6 Å². The summed E-state index contributed by atoms with van der Waals surface area (Å²) in [6.07, 6.45) is 4.47. The van der Waals surface area contributed by atoms with Gasteiger partial charge < -0.3 is 4.57 Å². The van der Waals surface area contributed by atoms with Crippen LogP contribution in [0.2, 0.25) is 0 Å². The molecule has 2 rings (SSSR count). The molecule has 0 unspecified atom stereocenters. The van der Waals surface area contributed by atoms with Gasteiger partial charge in [-0.3, -0.25) is 0 Å². The fourth-order valence-electron chi connectivity index (χ4n) is 2.19. The number of hydrogen-bond donors (Lipinski definition) is 0. The van der Waals surface area contributed by atoms with Gasteiger partial charge in [0.1, 0.15) is 5.82 Å². The first-order valence-electron chi connectivity index (χ1n) is 6.37. The van der Waals surface area contributed by atoms with Crippen LogP contribution >= 0.6 is 11.6 Å². The maximum atomic E-state index is 5.70. The zero-order valence-electron chi connectivity index (χ0n) is 10.3. The molecule has 1 heterocycles. The number of fused-ring (bicyclic) bond motifs is 1. The molecule has 0 aliphatic heterocycles.